The highest BCUT2D eigenvalue weighted by atomic mass is 32.3. The summed E-state index contributed by atoms with van der Waals surface area (Å²) in [5, 5.41) is 0. The molecule has 5 nitrogen and oxygen atoms in total. The first-order chi connectivity index (χ1) is 5.47. The van der Waals surface area contributed by atoms with E-state index in [0.717, 1.165) is 0 Å². The molecular formula is C6H13NO4S. The van der Waals surface area contributed by atoms with Gasteiger partial charge in [-0.25, -0.2) is 4.18 Å². The maximum absolute atomic E-state index is 9.68. The Kier molecular flexibility index (Phi) is 9.72. The van der Waals surface area contributed by atoms with Gasteiger partial charge in [-0.1, -0.05) is 12.2 Å². The van der Waals surface area contributed by atoms with Gasteiger partial charge in [0.2, 0.25) is 0 Å². The van der Waals surface area contributed by atoms with Crippen molar-refractivity contribution in [2.45, 2.75) is 0 Å². The van der Waals surface area contributed by atoms with Gasteiger partial charge in [-0.15, -0.1) is 13.2 Å². The highest BCUT2D eigenvalue weighted by molar-refractivity contribution is 7.80. The predicted octanol–water partition coefficient (Wildman–Crippen LogP) is 0.123. The topological polar surface area (TPSA) is 89.6 Å². The summed E-state index contributed by atoms with van der Waals surface area (Å²) in [5.74, 6) is 0. The van der Waals surface area contributed by atoms with E-state index in [1.807, 2.05) is 0 Å². The molecule has 0 aromatic rings. The maximum atomic E-state index is 9.68. The van der Waals surface area contributed by atoms with E-state index in [9.17, 15) is 8.42 Å². The first-order valence-electron chi connectivity index (χ1n) is 3.01. The van der Waals surface area contributed by atoms with Gasteiger partial charge in [-0.2, -0.15) is 8.42 Å². The van der Waals surface area contributed by atoms with Crippen LogP contribution in [0.3, 0.4) is 0 Å². The Morgan fingerprint density at radius 2 is 1.83 bits per heavy atom. The summed E-state index contributed by atoms with van der Waals surface area (Å²) in [7, 11) is -4.26. The van der Waals surface area contributed by atoms with E-state index < -0.39 is 10.4 Å². The molecule has 3 N–H and O–H groups in total. The molecule has 72 valence electrons. The normalized spacial score (nSPS) is 9.50. The molecule has 0 aromatic heterocycles. The summed E-state index contributed by atoms with van der Waals surface area (Å²) in [6.07, 6.45) is 2.87. The van der Waals surface area contributed by atoms with Crippen LogP contribution in [0.4, 0.5) is 0 Å². The lowest BCUT2D eigenvalue weighted by Gasteiger charge is -1.90. The summed E-state index contributed by atoms with van der Waals surface area (Å²) in [6, 6.07) is 0. The van der Waals surface area contributed by atoms with Gasteiger partial charge in [0.25, 0.3) is 0 Å². The molecule has 0 aliphatic heterocycles. The van der Waals surface area contributed by atoms with Crippen molar-refractivity contribution < 1.29 is 17.2 Å². The largest absolute Gasteiger partial charge is 0.397 e. The quantitative estimate of drug-likeness (QED) is 0.491. The number of nitrogens with two attached hydrogens (primary N) is 1. The molecule has 0 spiro atoms. The van der Waals surface area contributed by atoms with Gasteiger partial charge >= 0.3 is 10.4 Å². The molecule has 0 aliphatic carbocycles. The molecule has 0 saturated heterocycles. The highest BCUT2D eigenvalue weighted by Gasteiger charge is 1.99. The van der Waals surface area contributed by atoms with Crippen LogP contribution in [0.25, 0.3) is 0 Å². The van der Waals surface area contributed by atoms with E-state index in [2.05, 4.69) is 17.3 Å². The van der Waals surface area contributed by atoms with E-state index in [1.54, 1.807) is 6.08 Å². The molecule has 0 saturated carbocycles. The molecule has 6 heteroatoms. The summed E-state index contributed by atoms with van der Waals surface area (Å²) in [5.41, 5.74) is 4.91. The molecule has 12 heavy (non-hydrogen) atoms. The molecule has 0 rings (SSSR count). The van der Waals surface area contributed by atoms with Crippen molar-refractivity contribution in [2.24, 2.45) is 5.73 Å². The van der Waals surface area contributed by atoms with Gasteiger partial charge in [0.05, 0.1) is 6.61 Å². The van der Waals surface area contributed by atoms with E-state index in [1.165, 1.54) is 6.08 Å². The lowest BCUT2D eigenvalue weighted by molar-refractivity contribution is 0.296. The van der Waals surface area contributed by atoms with Gasteiger partial charge in [-0.05, 0) is 0 Å². The Labute approximate surface area is 72.5 Å². The zero-order chi connectivity index (χ0) is 10.0. The van der Waals surface area contributed by atoms with Crippen LogP contribution in [0, 0.1) is 0 Å². The van der Waals surface area contributed by atoms with E-state index in [-0.39, 0.29) is 6.61 Å². The van der Waals surface area contributed by atoms with Crippen LogP contribution in [0.1, 0.15) is 0 Å². The second-order valence-corrected chi connectivity index (χ2v) is 2.62. The molecule has 0 radical (unpaired) electrons. The third-order valence-corrected chi connectivity index (χ3v) is 0.935. The minimum Gasteiger partial charge on any atom is -0.327 e. The third kappa shape index (κ3) is 22.8. The summed E-state index contributed by atoms with van der Waals surface area (Å²) in [6.45, 7) is 6.91. The Morgan fingerprint density at radius 3 is 1.92 bits per heavy atom. The van der Waals surface area contributed by atoms with Crippen LogP contribution in [-0.4, -0.2) is 26.1 Å². The average Bonchev–Trinajstić information content (AvgIpc) is 2.00. The summed E-state index contributed by atoms with van der Waals surface area (Å²) in [4.78, 5) is 0. The predicted molar refractivity (Wildman–Crippen MR) is 46.9 cm³/mol. The molecule has 0 atom stereocenters. The van der Waals surface area contributed by atoms with Gasteiger partial charge in [0.15, 0.2) is 0 Å². The van der Waals surface area contributed by atoms with Gasteiger partial charge in [0, 0.05) is 6.54 Å². The minimum atomic E-state index is -4.26. The second-order valence-electron chi connectivity index (χ2n) is 1.53. The molecule has 0 unspecified atom stereocenters. The second kappa shape index (κ2) is 8.41. The SMILES string of the molecule is C=CCN.C=CCOS(=O)(=O)O. The van der Waals surface area contributed by atoms with Crippen LogP contribution in [0.2, 0.25) is 0 Å². The summed E-state index contributed by atoms with van der Waals surface area (Å²) >= 11 is 0. The first-order valence-corrected chi connectivity index (χ1v) is 4.38. The molecule has 0 aliphatic rings. The van der Waals surface area contributed by atoms with Crippen LogP contribution >= 0.6 is 0 Å². The molecule has 0 bridgehead atoms. The zero-order valence-electron chi connectivity index (χ0n) is 6.64. The van der Waals surface area contributed by atoms with Crippen molar-refractivity contribution in [3.8, 4) is 0 Å². The molecule has 0 amide bonds. The smallest absolute Gasteiger partial charge is 0.327 e. The van der Waals surface area contributed by atoms with E-state index in [4.69, 9.17) is 10.3 Å². The number of hydrogen-bond donors (Lipinski definition) is 2. The maximum Gasteiger partial charge on any atom is 0.397 e. The fraction of sp³-hybridized carbons (Fsp3) is 0.333. The van der Waals surface area contributed by atoms with Crippen molar-refractivity contribution in [3.05, 3.63) is 25.3 Å². The van der Waals surface area contributed by atoms with Crippen molar-refractivity contribution in [3.63, 3.8) is 0 Å². The first kappa shape index (κ1) is 13.9. The Hall–Kier alpha value is -0.690. The Bertz CT molecular complexity index is 210. The molecular weight excluding hydrogens is 182 g/mol. The van der Waals surface area contributed by atoms with E-state index in [0.29, 0.717) is 6.54 Å². The molecule has 0 fully saturated rings. The van der Waals surface area contributed by atoms with Crippen LogP contribution in [0.15, 0.2) is 25.3 Å². The van der Waals surface area contributed by atoms with Gasteiger partial charge < -0.3 is 5.73 Å². The third-order valence-electron chi connectivity index (χ3n) is 0.501. The fourth-order valence-electron chi connectivity index (χ4n) is 0.134. The van der Waals surface area contributed by atoms with E-state index >= 15 is 0 Å². The van der Waals surface area contributed by atoms with Gasteiger partial charge in [0.1, 0.15) is 0 Å². The summed E-state index contributed by atoms with van der Waals surface area (Å²) < 4.78 is 31.0. The van der Waals surface area contributed by atoms with Crippen molar-refractivity contribution in [1.82, 2.24) is 0 Å². The molecule has 0 aromatic carbocycles. The lowest BCUT2D eigenvalue weighted by atomic mass is 10.7. The standard InChI is InChI=1S/C3H7N.C3H6O4S/c1-2-3-4;1-2-3-7-8(4,5)6/h2H,1,3-4H2;2H,1,3H2,(H,4,5,6). The lowest BCUT2D eigenvalue weighted by Crippen LogP contribution is -2.02. The Balaban J connectivity index is 0. The monoisotopic (exact) mass is 195 g/mol. The van der Waals surface area contributed by atoms with Crippen LogP contribution in [-0.2, 0) is 14.6 Å². The average molecular weight is 195 g/mol. The molecule has 0 heterocycles. The Morgan fingerprint density at radius 1 is 1.42 bits per heavy atom. The minimum absolute atomic E-state index is 0.196. The van der Waals surface area contributed by atoms with Crippen LogP contribution in [0.5, 0.6) is 0 Å². The fourth-order valence-corrected chi connectivity index (χ4v) is 0.402. The highest BCUT2D eigenvalue weighted by Crippen LogP contribution is 1.83. The zero-order valence-corrected chi connectivity index (χ0v) is 7.46. The van der Waals surface area contributed by atoms with Crippen molar-refractivity contribution in [1.29, 1.82) is 0 Å². The van der Waals surface area contributed by atoms with Crippen LogP contribution < -0.4 is 5.73 Å². The van der Waals surface area contributed by atoms with Crippen molar-refractivity contribution >= 4 is 10.4 Å². The van der Waals surface area contributed by atoms with Gasteiger partial charge in [-0.3, -0.25) is 4.55 Å². The number of hydrogen-bond acceptors (Lipinski definition) is 4. The van der Waals surface area contributed by atoms with Crippen molar-refractivity contribution in [2.75, 3.05) is 13.2 Å². The number of rotatable bonds is 4.